The van der Waals surface area contributed by atoms with Gasteiger partial charge in [-0.2, -0.15) is 0 Å². The van der Waals surface area contributed by atoms with E-state index in [1.165, 1.54) is 24.9 Å². The molecule has 1 aliphatic heterocycles. The lowest BCUT2D eigenvalue weighted by atomic mass is 10.0. The maximum Gasteiger partial charge on any atom is 0.160 e. The van der Waals surface area contributed by atoms with Gasteiger partial charge in [-0.1, -0.05) is 6.07 Å². The van der Waals surface area contributed by atoms with Crippen molar-refractivity contribution in [3.05, 3.63) is 23.8 Å². The number of nitrogens with zero attached hydrogens (tertiary/aromatic N) is 1. The minimum Gasteiger partial charge on any atom is -0.493 e. The minimum atomic E-state index is 0.458. The fourth-order valence-corrected chi connectivity index (χ4v) is 3.12. The molecule has 0 saturated carbocycles. The maximum absolute atomic E-state index is 5.37. The Bertz CT molecular complexity index is 450. The van der Waals surface area contributed by atoms with E-state index in [9.17, 15) is 0 Å². The van der Waals surface area contributed by atoms with Gasteiger partial charge in [-0.05, 0) is 57.5 Å². The first kappa shape index (κ1) is 16.1. The van der Waals surface area contributed by atoms with Crippen LogP contribution in [-0.4, -0.2) is 51.3 Å². The molecule has 4 nitrogen and oxygen atoms in total. The molecule has 0 bridgehead atoms. The number of hydrogen-bond donors (Lipinski definition) is 1. The summed E-state index contributed by atoms with van der Waals surface area (Å²) in [4.78, 5) is 2.41. The maximum atomic E-state index is 5.37. The van der Waals surface area contributed by atoms with Gasteiger partial charge >= 0.3 is 0 Å². The summed E-state index contributed by atoms with van der Waals surface area (Å²) >= 11 is 0. The van der Waals surface area contributed by atoms with Crippen LogP contribution in [0.4, 0.5) is 0 Å². The Morgan fingerprint density at radius 2 is 2.05 bits per heavy atom. The third kappa shape index (κ3) is 4.61. The SMILES string of the molecule is COc1ccc(CC(C)NC2CCCN(C)C2)cc1OC. The van der Waals surface area contributed by atoms with E-state index < -0.39 is 0 Å². The van der Waals surface area contributed by atoms with Gasteiger partial charge in [0.1, 0.15) is 0 Å². The molecule has 0 aromatic heterocycles. The summed E-state index contributed by atoms with van der Waals surface area (Å²) in [6.45, 7) is 4.63. The molecular weight excluding hydrogens is 264 g/mol. The molecule has 1 fully saturated rings. The van der Waals surface area contributed by atoms with Gasteiger partial charge in [-0.25, -0.2) is 0 Å². The van der Waals surface area contributed by atoms with Crippen LogP contribution in [0.25, 0.3) is 0 Å². The highest BCUT2D eigenvalue weighted by molar-refractivity contribution is 5.43. The Labute approximate surface area is 128 Å². The molecule has 1 aromatic carbocycles. The van der Waals surface area contributed by atoms with Gasteiger partial charge in [0, 0.05) is 18.6 Å². The van der Waals surface area contributed by atoms with Crippen molar-refractivity contribution in [2.75, 3.05) is 34.4 Å². The predicted octanol–water partition coefficient (Wildman–Crippen LogP) is 2.32. The number of methoxy groups -OCH3 is 2. The highest BCUT2D eigenvalue weighted by atomic mass is 16.5. The van der Waals surface area contributed by atoms with E-state index in [0.717, 1.165) is 24.5 Å². The second kappa shape index (κ2) is 7.66. The van der Waals surface area contributed by atoms with E-state index in [1.807, 2.05) is 6.07 Å². The van der Waals surface area contributed by atoms with Gasteiger partial charge in [0.2, 0.25) is 0 Å². The van der Waals surface area contributed by atoms with Crippen LogP contribution in [0.1, 0.15) is 25.3 Å². The average Bonchev–Trinajstić information content (AvgIpc) is 2.47. The summed E-state index contributed by atoms with van der Waals surface area (Å²) in [5, 5.41) is 3.75. The van der Waals surface area contributed by atoms with Crippen LogP contribution < -0.4 is 14.8 Å². The minimum absolute atomic E-state index is 0.458. The Hall–Kier alpha value is -1.26. The lowest BCUT2D eigenvalue weighted by Crippen LogP contribution is -2.47. The molecule has 0 radical (unpaired) electrons. The first-order valence-corrected chi connectivity index (χ1v) is 7.78. The largest absolute Gasteiger partial charge is 0.493 e. The Morgan fingerprint density at radius 3 is 2.71 bits per heavy atom. The first-order chi connectivity index (χ1) is 10.1. The summed E-state index contributed by atoms with van der Waals surface area (Å²) in [6.07, 6.45) is 3.57. The van der Waals surface area contributed by atoms with E-state index >= 15 is 0 Å². The van der Waals surface area contributed by atoms with Crippen molar-refractivity contribution in [3.63, 3.8) is 0 Å². The number of likely N-dealkylation sites (tertiary alicyclic amines) is 1. The molecule has 2 rings (SSSR count). The molecule has 1 N–H and O–H groups in total. The molecule has 2 unspecified atom stereocenters. The molecule has 1 saturated heterocycles. The van der Waals surface area contributed by atoms with Crippen LogP contribution in [0, 0.1) is 0 Å². The topological polar surface area (TPSA) is 33.7 Å². The van der Waals surface area contributed by atoms with Crippen LogP contribution in [0.2, 0.25) is 0 Å². The number of nitrogens with one attached hydrogen (secondary N) is 1. The zero-order chi connectivity index (χ0) is 15.2. The fourth-order valence-electron chi connectivity index (χ4n) is 3.12. The number of benzene rings is 1. The van der Waals surface area contributed by atoms with Crippen LogP contribution >= 0.6 is 0 Å². The molecular formula is C17H28N2O2. The molecule has 0 aliphatic carbocycles. The van der Waals surface area contributed by atoms with Gasteiger partial charge in [0.25, 0.3) is 0 Å². The zero-order valence-corrected chi connectivity index (χ0v) is 13.7. The number of rotatable bonds is 6. The van der Waals surface area contributed by atoms with E-state index in [0.29, 0.717) is 12.1 Å². The number of ether oxygens (including phenoxy) is 2. The molecule has 118 valence electrons. The summed E-state index contributed by atoms with van der Waals surface area (Å²) in [6, 6.07) is 7.24. The number of likely N-dealkylation sites (N-methyl/N-ethyl adjacent to an activating group) is 1. The van der Waals surface area contributed by atoms with Gasteiger partial charge in [-0.15, -0.1) is 0 Å². The molecule has 1 aromatic rings. The predicted molar refractivity (Wildman–Crippen MR) is 86.4 cm³/mol. The fraction of sp³-hybridized carbons (Fsp3) is 0.647. The van der Waals surface area contributed by atoms with Crippen LogP contribution in [0.15, 0.2) is 18.2 Å². The molecule has 0 spiro atoms. The molecule has 1 heterocycles. The quantitative estimate of drug-likeness (QED) is 0.872. The molecule has 1 aliphatic rings. The summed E-state index contributed by atoms with van der Waals surface area (Å²) in [5.74, 6) is 1.59. The van der Waals surface area contributed by atoms with Crippen LogP contribution in [0.3, 0.4) is 0 Å². The van der Waals surface area contributed by atoms with Crippen molar-refractivity contribution in [1.29, 1.82) is 0 Å². The Morgan fingerprint density at radius 1 is 1.29 bits per heavy atom. The van der Waals surface area contributed by atoms with Crippen molar-refractivity contribution < 1.29 is 9.47 Å². The highest BCUT2D eigenvalue weighted by Gasteiger charge is 2.18. The first-order valence-electron chi connectivity index (χ1n) is 7.78. The monoisotopic (exact) mass is 292 g/mol. The Kier molecular flexibility index (Phi) is 5.88. The average molecular weight is 292 g/mol. The number of hydrogen-bond acceptors (Lipinski definition) is 4. The summed E-state index contributed by atoms with van der Waals surface area (Å²) in [5.41, 5.74) is 1.27. The van der Waals surface area contributed by atoms with Gasteiger partial charge < -0.3 is 19.7 Å². The molecule has 0 amide bonds. The van der Waals surface area contributed by atoms with E-state index in [2.05, 4.69) is 36.3 Å². The van der Waals surface area contributed by atoms with E-state index in [4.69, 9.17) is 9.47 Å². The Balaban J connectivity index is 1.91. The van der Waals surface area contributed by atoms with Crippen molar-refractivity contribution in [2.24, 2.45) is 0 Å². The van der Waals surface area contributed by atoms with Crippen molar-refractivity contribution in [2.45, 2.75) is 38.3 Å². The summed E-state index contributed by atoms with van der Waals surface area (Å²) < 4.78 is 10.7. The van der Waals surface area contributed by atoms with Crippen molar-refractivity contribution in [1.82, 2.24) is 10.2 Å². The second-order valence-corrected chi connectivity index (χ2v) is 6.06. The lowest BCUT2D eigenvalue weighted by Gasteiger charge is -2.32. The normalized spacial score (nSPS) is 21.0. The second-order valence-electron chi connectivity index (χ2n) is 6.06. The highest BCUT2D eigenvalue weighted by Crippen LogP contribution is 2.28. The van der Waals surface area contributed by atoms with E-state index in [-0.39, 0.29) is 0 Å². The van der Waals surface area contributed by atoms with Crippen molar-refractivity contribution >= 4 is 0 Å². The third-order valence-electron chi connectivity index (χ3n) is 4.13. The van der Waals surface area contributed by atoms with Gasteiger partial charge in [0.15, 0.2) is 11.5 Å². The smallest absolute Gasteiger partial charge is 0.160 e. The zero-order valence-electron chi connectivity index (χ0n) is 13.7. The van der Waals surface area contributed by atoms with Crippen molar-refractivity contribution in [3.8, 4) is 11.5 Å². The van der Waals surface area contributed by atoms with Crippen LogP contribution in [0.5, 0.6) is 11.5 Å². The summed E-state index contributed by atoms with van der Waals surface area (Å²) in [7, 11) is 5.55. The standard InChI is InChI=1S/C17H28N2O2/c1-13(18-15-6-5-9-19(2)12-15)10-14-7-8-16(20-3)17(11-14)21-4/h7-8,11,13,15,18H,5-6,9-10,12H2,1-4H3. The lowest BCUT2D eigenvalue weighted by molar-refractivity contribution is 0.218. The van der Waals surface area contributed by atoms with Crippen LogP contribution in [-0.2, 0) is 6.42 Å². The van der Waals surface area contributed by atoms with Gasteiger partial charge in [0.05, 0.1) is 14.2 Å². The van der Waals surface area contributed by atoms with E-state index in [1.54, 1.807) is 14.2 Å². The van der Waals surface area contributed by atoms with Gasteiger partial charge in [-0.3, -0.25) is 0 Å². The third-order valence-corrected chi connectivity index (χ3v) is 4.13. The molecule has 2 atom stereocenters. The number of piperidine rings is 1. The molecule has 4 heteroatoms. The molecule has 21 heavy (non-hydrogen) atoms.